The lowest BCUT2D eigenvalue weighted by Crippen LogP contribution is -2.41. The van der Waals surface area contributed by atoms with Crippen molar-refractivity contribution in [3.8, 4) is 0 Å². The fraction of sp³-hybridized carbons (Fsp3) is 1.00. The van der Waals surface area contributed by atoms with E-state index in [2.05, 4.69) is 6.92 Å². The van der Waals surface area contributed by atoms with Crippen LogP contribution in [0.15, 0.2) is 0 Å². The van der Waals surface area contributed by atoms with Gasteiger partial charge in [0.15, 0.2) is 0 Å². The van der Waals surface area contributed by atoms with Crippen LogP contribution in [0.4, 0.5) is 0 Å². The van der Waals surface area contributed by atoms with Crippen LogP contribution in [-0.4, -0.2) is 36.7 Å². The fourth-order valence-corrected chi connectivity index (χ4v) is 2.25. The van der Waals surface area contributed by atoms with Gasteiger partial charge in [-0.2, -0.15) is 0 Å². The summed E-state index contributed by atoms with van der Waals surface area (Å²) in [5, 5.41) is 0. The summed E-state index contributed by atoms with van der Waals surface area (Å²) >= 11 is 0. The summed E-state index contributed by atoms with van der Waals surface area (Å²) in [6.45, 7) is 4.96. The van der Waals surface area contributed by atoms with Crippen LogP contribution in [0.2, 0.25) is 6.04 Å². The third kappa shape index (κ3) is 7.46. The van der Waals surface area contributed by atoms with Crippen LogP contribution < -0.4 is 5.73 Å². The summed E-state index contributed by atoms with van der Waals surface area (Å²) in [4.78, 5) is 0. The summed E-state index contributed by atoms with van der Waals surface area (Å²) in [7, 11) is 2.65. The molecule has 0 bridgehead atoms. The summed E-state index contributed by atoms with van der Waals surface area (Å²) < 4.78 is 15.2. The Morgan fingerprint density at radius 3 is 1.43 bits per heavy atom. The molecular weight excluding hydrogens is 198 g/mol. The molecule has 0 aromatic rings. The highest BCUT2D eigenvalue weighted by Gasteiger charge is 2.34. The van der Waals surface area contributed by atoms with Gasteiger partial charge >= 0.3 is 8.80 Å². The second kappa shape index (κ2) is 11.1. The molecular formula is C9H25NO3Si. The smallest absolute Gasteiger partial charge is 0.377 e. The standard InChI is InChI=1S/C5H14O3Si.C4H11N/c1-5-9(6-2,7-3)8-4;1-2-3-4-5/h5H2,1-4H3;2-5H2,1H3. The van der Waals surface area contributed by atoms with Crippen molar-refractivity contribution < 1.29 is 13.3 Å². The van der Waals surface area contributed by atoms with Gasteiger partial charge in [-0.05, 0) is 13.0 Å². The molecule has 0 spiro atoms. The molecule has 0 saturated heterocycles. The van der Waals surface area contributed by atoms with Crippen molar-refractivity contribution in [3.63, 3.8) is 0 Å². The van der Waals surface area contributed by atoms with E-state index in [0.29, 0.717) is 0 Å². The third-order valence-corrected chi connectivity index (χ3v) is 4.66. The zero-order valence-electron chi connectivity index (χ0n) is 10.1. The van der Waals surface area contributed by atoms with Crippen molar-refractivity contribution in [3.05, 3.63) is 0 Å². The number of unbranched alkanes of at least 4 members (excludes halogenated alkanes) is 1. The SMILES string of the molecule is CCCCN.CC[Si](OC)(OC)OC. The van der Waals surface area contributed by atoms with Gasteiger partial charge in [-0.15, -0.1) is 0 Å². The van der Waals surface area contributed by atoms with Crippen LogP contribution in [0.25, 0.3) is 0 Å². The minimum Gasteiger partial charge on any atom is -0.377 e. The molecule has 14 heavy (non-hydrogen) atoms. The summed E-state index contributed by atoms with van der Waals surface area (Å²) in [6, 6.07) is 0.816. The van der Waals surface area contributed by atoms with Crippen LogP contribution >= 0.6 is 0 Å². The summed E-state index contributed by atoms with van der Waals surface area (Å²) in [5.74, 6) is 0. The molecule has 0 aliphatic heterocycles. The second-order valence-electron chi connectivity index (χ2n) is 2.79. The fourth-order valence-electron chi connectivity index (χ4n) is 0.887. The lowest BCUT2D eigenvalue weighted by molar-refractivity contribution is 0.125. The maximum atomic E-state index is 5.14. The van der Waals surface area contributed by atoms with E-state index in [1.807, 2.05) is 6.92 Å². The first-order valence-corrected chi connectivity index (χ1v) is 6.94. The zero-order valence-corrected chi connectivity index (χ0v) is 11.1. The Balaban J connectivity index is 0. The van der Waals surface area contributed by atoms with Crippen molar-refractivity contribution in [1.29, 1.82) is 0 Å². The van der Waals surface area contributed by atoms with Gasteiger partial charge in [0.2, 0.25) is 0 Å². The van der Waals surface area contributed by atoms with Gasteiger partial charge in [0.25, 0.3) is 0 Å². The van der Waals surface area contributed by atoms with Gasteiger partial charge in [0.05, 0.1) is 0 Å². The van der Waals surface area contributed by atoms with E-state index < -0.39 is 8.80 Å². The predicted octanol–water partition coefficient (Wildman–Crippen LogP) is 1.63. The van der Waals surface area contributed by atoms with Crippen molar-refractivity contribution in [1.82, 2.24) is 0 Å². The van der Waals surface area contributed by atoms with E-state index in [1.165, 1.54) is 12.8 Å². The molecule has 0 heterocycles. The Morgan fingerprint density at radius 1 is 1.00 bits per heavy atom. The van der Waals surface area contributed by atoms with Crippen LogP contribution in [0.5, 0.6) is 0 Å². The Labute approximate surface area is 89.1 Å². The van der Waals surface area contributed by atoms with Crippen LogP contribution in [-0.2, 0) is 13.3 Å². The average Bonchev–Trinajstić information content (AvgIpc) is 2.24. The highest BCUT2D eigenvalue weighted by molar-refractivity contribution is 6.60. The molecule has 2 N–H and O–H groups in total. The molecule has 0 rings (SSSR count). The normalized spacial score (nSPS) is 10.7. The third-order valence-electron chi connectivity index (χ3n) is 1.92. The molecule has 0 aromatic heterocycles. The topological polar surface area (TPSA) is 53.7 Å². The largest absolute Gasteiger partial charge is 0.499 e. The van der Waals surface area contributed by atoms with Crippen LogP contribution in [0.1, 0.15) is 26.7 Å². The zero-order chi connectivity index (χ0) is 11.4. The van der Waals surface area contributed by atoms with E-state index >= 15 is 0 Å². The predicted molar refractivity (Wildman–Crippen MR) is 61.2 cm³/mol. The maximum Gasteiger partial charge on any atom is 0.499 e. The van der Waals surface area contributed by atoms with E-state index in [1.54, 1.807) is 21.3 Å². The van der Waals surface area contributed by atoms with Gasteiger partial charge in [0, 0.05) is 27.4 Å². The lowest BCUT2D eigenvalue weighted by atomic mass is 10.3. The van der Waals surface area contributed by atoms with Crippen LogP contribution in [0, 0.1) is 0 Å². The van der Waals surface area contributed by atoms with Crippen molar-refractivity contribution in [2.75, 3.05) is 27.9 Å². The number of hydrogen-bond donors (Lipinski definition) is 1. The Kier molecular flexibility index (Phi) is 13.1. The van der Waals surface area contributed by atoms with E-state index in [-0.39, 0.29) is 0 Å². The van der Waals surface area contributed by atoms with E-state index in [9.17, 15) is 0 Å². The summed E-state index contributed by atoms with van der Waals surface area (Å²) in [6.07, 6.45) is 2.39. The first kappa shape index (κ1) is 16.5. The molecule has 0 unspecified atom stereocenters. The van der Waals surface area contributed by atoms with Gasteiger partial charge in [-0.1, -0.05) is 20.3 Å². The molecule has 0 radical (unpaired) electrons. The highest BCUT2D eigenvalue weighted by Crippen LogP contribution is 2.10. The molecule has 88 valence electrons. The van der Waals surface area contributed by atoms with Crippen molar-refractivity contribution in [2.24, 2.45) is 5.73 Å². The van der Waals surface area contributed by atoms with E-state index in [0.717, 1.165) is 12.6 Å². The number of hydrogen-bond acceptors (Lipinski definition) is 4. The first-order chi connectivity index (χ1) is 6.66. The van der Waals surface area contributed by atoms with Gasteiger partial charge in [-0.25, -0.2) is 0 Å². The monoisotopic (exact) mass is 223 g/mol. The highest BCUT2D eigenvalue weighted by atomic mass is 28.4. The van der Waals surface area contributed by atoms with Crippen molar-refractivity contribution >= 4 is 8.80 Å². The first-order valence-electron chi connectivity index (χ1n) is 5.01. The van der Waals surface area contributed by atoms with Gasteiger partial charge in [0.1, 0.15) is 0 Å². The van der Waals surface area contributed by atoms with Gasteiger partial charge < -0.3 is 19.0 Å². The molecule has 0 amide bonds. The second-order valence-corrected chi connectivity index (χ2v) is 6.09. The Bertz CT molecular complexity index is 90.7. The molecule has 0 atom stereocenters. The molecule has 0 saturated carbocycles. The number of rotatable bonds is 6. The average molecular weight is 223 g/mol. The van der Waals surface area contributed by atoms with Crippen LogP contribution in [0.3, 0.4) is 0 Å². The maximum absolute atomic E-state index is 5.14. The quantitative estimate of drug-likeness (QED) is 0.695. The summed E-state index contributed by atoms with van der Waals surface area (Å²) in [5.41, 5.74) is 5.14. The molecule has 0 aliphatic rings. The van der Waals surface area contributed by atoms with Gasteiger partial charge in [-0.3, -0.25) is 0 Å². The molecule has 0 aromatic carbocycles. The number of nitrogens with two attached hydrogens (primary N) is 1. The minimum absolute atomic E-state index is 0.816. The molecule has 5 heteroatoms. The lowest BCUT2D eigenvalue weighted by Gasteiger charge is -2.22. The van der Waals surface area contributed by atoms with Crippen molar-refractivity contribution in [2.45, 2.75) is 32.7 Å². The molecule has 0 fully saturated rings. The molecule has 4 nitrogen and oxygen atoms in total. The Hall–Kier alpha value is 0.0569. The Morgan fingerprint density at radius 2 is 1.43 bits per heavy atom. The molecule has 0 aliphatic carbocycles. The minimum atomic E-state index is -2.19. The van der Waals surface area contributed by atoms with E-state index in [4.69, 9.17) is 19.0 Å².